The van der Waals surface area contributed by atoms with E-state index in [0.29, 0.717) is 26.6 Å². The molecule has 2 aromatic rings. The summed E-state index contributed by atoms with van der Waals surface area (Å²) >= 11 is 14.9. The largest absolute Gasteiger partial charge is 0.456 e. The van der Waals surface area contributed by atoms with Gasteiger partial charge in [-0.2, -0.15) is 0 Å². The highest BCUT2D eigenvalue weighted by atomic mass is 79.9. The van der Waals surface area contributed by atoms with Crippen LogP contribution < -0.4 is 4.74 Å². The molecule has 104 valence electrons. The molecule has 0 heterocycles. The maximum absolute atomic E-state index is 10.8. The van der Waals surface area contributed by atoms with Crippen molar-refractivity contribution in [3.63, 3.8) is 0 Å². The van der Waals surface area contributed by atoms with Crippen molar-refractivity contribution in [3.8, 4) is 11.5 Å². The first-order chi connectivity index (χ1) is 9.51. The van der Waals surface area contributed by atoms with Crippen LogP contribution in [0.15, 0.2) is 40.9 Å². The predicted octanol–water partition coefficient (Wildman–Crippen LogP) is 5.54. The van der Waals surface area contributed by atoms with Gasteiger partial charge in [-0.3, -0.25) is 10.1 Å². The van der Waals surface area contributed by atoms with Crippen LogP contribution in [0.4, 0.5) is 5.69 Å². The highest BCUT2D eigenvalue weighted by molar-refractivity contribution is 9.10. The number of halogens is 3. The Morgan fingerprint density at radius 3 is 2.60 bits per heavy atom. The molecule has 2 aromatic carbocycles. The molecule has 0 bridgehead atoms. The van der Waals surface area contributed by atoms with Gasteiger partial charge in [0.15, 0.2) is 0 Å². The van der Waals surface area contributed by atoms with Crippen LogP contribution in [-0.4, -0.2) is 4.92 Å². The number of ether oxygens (including phenoxy) is 1. The molecular formula is C13H8BrCl2NO3. The monoisotopic (exact) mass is 375 g/mol. The maximum Gasteiger partial charge on any atom is 0.274 e. The molecule has 0 radical (unpaired) electrons. The van der Waals surface area contributed by atoms with Gasteiger partial charge in [-0.15, -0.1) is 11.6 Å². The van der Waals surface area contributed by atoms with Gasteiger partial charge in [-0.05, 0) is 46.3 Å². The Bertz CT molecular complexity index is 664. The lowest BCUT2D eigenvalue weighted by atomic mass is 10.2. The van der Waals surface area contributed by atoms with Gasteiger partial charge in [-0.1, -0.05) is 11.6 Å². The third kappa shape index (κ3) is 3.42. The second kappa shape index (κ2) is 6.43. The minimum absolute atomic E-state index is 0.0254. The van der Waals surface area contributed by atoms with E-state index in [1.807, 2.05) is 0 Å². The van der Waals surface area contributed by atoms with Gasteiger partial charge in [0.25, 0.3) is 5.69 Å². The molecule has 0 aliphatic rings. The van der Waals surface area contributed by atoms with E-state index in [1.165, 1.54) is 12.1 Å². The van der Waals surface area contributed by atoms with Gasteiger partial charge in [0.2, 0.25) is 0 Å². The van der Waals surface area contributed by atoms with Crippen molar-refractivity contribution >= 4 is 44.8 Å². The molecule has 0 amide bonds. The predicted molar refractivity (Wildman–Crippen MR) is 81.9 cm³/mol. The zero-order valence-electron chi connectivity index (χ0n) is 9.98. The van der Waals surface area contributed by atoms with Crippen LogP contribution in [-0.2, 0) is 5.88 Å². The Balaban J connectivity index is 2.32. The van der Waals surface area contributed by atoms with E-state index >= 15 is 0 Å². The summed E-state index contributed by atoms with van der Waals surface area (Å²) < 4.78 is 6.35. The molecule has 0 unspecified atom stereocenters. The van der Waals surface area contributed by atoms with Crippen molar-refractivity contribution in [1.82, 2.24) is 0 Å². The van der Waals surface area contributed by atoms with E-state index in [0.717, 1.165) is 0 Å². The molecule has 0 saturated carbocycles. The first-order valence-electron chi connectivity index (χ1n) is 5.47. The van der Waals surface area contributed by atoms with Crippen LogP contribution in [0.1, 0.15) is 5.56 Å². The standard InChI is InChI=1S/C13H8BrCl2NO3/c14-11-6-9(16)1-4-13(11)20-10-2-3-12(17(18)19)8(5-10)7-15/h1-6H,7H2. The molecule has 4 nitrogen and oxygen atoms in total. The third-order valence-corrected chi connectivity index (χ3v) is 3.66. The molecule has 0 N–H and O–H groups in total. The van der Waals surface area contributed by atoms with Crippen molar-refractivity contribution in [2.75, 3.05) is 0 Å². The fraction of sp³-hybridized carbons (Fsp3) is 0.0769. The number of nitro benzene ring substituents is 1. The van der Waals surface area contributed by atoms with Gasteiger partial charge in [0.05, 0.1) is 15.3 Å². The molecule has 0 atom stereocenters. The summed E-state index contributed by atoms with van der Waals surface area (Å²) in [7, 11) is 0. The minimum atomic E-state index is -0.473. The first kappa shape index (κ1) is 15.1. The first-order valence-corrected chi connectivity index (χ1v) is 7.18. The molecular weight excluding hydrogens is 369 g/mol. The summed E-state index contributed by atoms with van der Waals surface area (Å²) in [6.45, 7) is 0. The van der Waals surface area contributed by atoms with Gasteiger partial charge < -0.3 is 4.74 Å². The molecule has 7 heteroatoms. The van der Waals surface area contributed by atoms with Gasteiger partial charge >= 0.3 is 0 Å². The van der Waals surface area contributed by atoms with Crippen LogP contribution in [0.25, 0.3) is 0 Å². The minimum Gasteiger partial charge on any atom is -0.456 e. The smallest absolute Gasteiger partial charge is 0.274 e. The zero-order chi connectivity index (χ0) is 14.7. The van der Waals surface area contributed by atoms with Crippen LogP contribution in [0.5, 0.6) is 11.5 Å². The summed E-state index contributed by atoms with van der Waals surface area (Å²) in [5, 5.41) is 11.4. The number of nitro groups is 1. The van der Waals surface area contributed by atoms with E-state index in [1.54, 1.807) is 24.3 Å². The number of benzene rings is 2. The fourth-order valence-corrected chi connectivity index (χ4v) is 2.57. The Hall–Kier alpha value is -1.30. The Labute approximate surface area is 133 Å². The molecule has 0 fully saturated rings. The quantitative estimate of drug-likeness (QED) is 0.399. The van der Waals surface area contributed by atoms with Crippen molar-refractivity contribution in [3.05, 3.63) is 61.6 Å². The molecule has 0 aromatic heterocycles. The number of hydrogen-bond acceptors (Lipinski definition) is 3. The van der Waals surface area contributed by atoms with Gasteiger partial charge in [-0.25, -0.2) is 0 Å². The average Bonchev–Trinajstić information content (AvgIpc) is 2.41. The van der Waals surface area contributed by atoms with Gasteiger partial charge in [0, 0.05) is 16.7 Å². The highest BCUT2D eigenvalue weighted by Gasteiger charge is 2.14. The highest BCUT2D eigenvalue weighted by Crippen LogP contribution is 2.34. The maximum atomic E-state index is 10.8. The molecule has 0 aliphatic heterocycles. The van der Waals surface area contributed by atoms with Crippen LogP contribution in [0, 0.1) is 10.1 Å². The van der Waals surface area contributed by atoms with Crippen molar-refractivity contribution in [2.45, 2.75) is 5.88 Å². The zero-order valence-corrected chi connectivity index (χ0v) is 13.1. The number of rotatable bonds is 4. The van der Waals surface area contributed by atoms with Crippen molar-refractivity contribution in [2.24, 2.45) is 0 Å². The normalized spacial score (nSPS) is 10.3. The second-order valence-electron chi connectivity index (χ2n) is 3.86. The fourth-order valence-electron chi connectivity index (χ4n) is 1.60. The number of nitrogens with zero attached hydrogens (tertiary/aromatic N) is 1. The van der Waals surface area contributed by atoms with E-state index < -0.39 is 4.92 Å². The summed E-state index contributed by atoms with van der Waals surface area (Å²) in [6, 6.07) is 9.53. The Morgan fingerprint density at radius 2 is 2.00 bits per heavy atom. The summed E-state index contributed by atoms with van der Waals surface area (Å²) in [6.07, 6.45) is 0. The summed E-state index contributed by atoms with van der Waals surface area (Å²) in [5.74, 6) is 1.06. The lowest BCUT2D eigenvalue weighted by molar-refractivity contribution is -0.385. The van der Waals surface area contributed by atoms with E-state index in [9.17, 15) is 10.1 Å². The molecule has 0 saturated heterocycles. The van der Waals surface area contributed by atoms with E-state index in [2.05, 4.69) is 15.9 Å². The topological polar surface area (TPSA) is 52.4 Å². The third-order valence-electron chi connectivity index (χ3n) is 2.51. The van der Waals surface area contributed by atoms with Crippen molar-refractivity contribution in [1.29, 1.82) is 0 Å². The van der Waals surface area contributed by atoms with Gasteiger partial charge in [0.1, 0.15) is 11.5 Å². The number of hydrogen-bond donors (Lipinski definition) is 0. The second-order valence-corrected chi connectivity index (χ2v) is 5.42. The molecule has 2 rings (SSSR count). The molecule has 0 spiro atoms. The average molecular weight is 377 g/mol. The van der Waals surface area contributed by atoms with E-state index in [4.69, 9.17) is 27.9 Å². The van der Waals surface area contributed by atoms with E-state index in [-0.39, 0.29) is 11.6 Å². The van der Waals surface area contributed by atoms with Crippen LogP contribution in [0.2, 0.25) is 5.02 Å². The molecule has 0 aliphatic carbocycles. The number of alkyl halides is 1. The lowest BCUT2D eigenvalue weighted by Gasteiger charge is -2.09. The van der Waals surface area contributed by atoms with Crippen LogP contribution >= 0.6 is 39.1 Å². The summed E-state index contributed by atoms with van der Waals surface area (Å²) in [4.78, 5) is 10.4. The molecule has 20 heavy (non-hydrogen) atoms. The Kier molecular flexibility index (Phi) is 4.86. The Morgan fingerprint density at radius 1 is 1.25 bits per heavy atom. The van der Waals surface area contributed by atoms with Crippen LogP contribution in [0.3, 0.4) is 0 Å². The SMILES string of the molecule is O=[N+]([O-])c1ccc(Oc2ccc(Cl)cc2Br)cc1CCl. The lowest BCUT2D eigenvalue weighted by Crippen LogP contribution is -1.94. The summed E-state index contributed by atoms with van der Waals surface area (Å²) in [5.41, 5.74) is 0.377. The van der Waals surface area contributed by atoms with Crippen molar-refractivity contribution < 1.29 is 9.66 Å².